The number of hydrogen-bond acceptors (Lipinski definition) is 8. The molecule has 0 bridgehead atoms. The van der Waals surface area contributed by atoms with Crippen LogP contribution < -0.4 is 10.5 Å². The van der Waals surface area contributed by atoms with Gasteiger partial charge in [-0.2, -0.15) is 0 Å². The molecule has 5 aromatic rings. The summed E-state index contributed by atoms with van der Waals surface area (Å²) in [4.78, 5) is 17.9. The van der Waals surface area contributed by atoms with Gasteiger partial charge in [0.1, 0.15) is 17.1 Å². The van der Waals surface area contributed by atoms with E-state index in [-0.39, 0.29) is 5.75 Å². The van der Waals surface area contributed by atoms with Gasteiger partial charge in [0, 0.05) is 17.8 Å². The van der Waals surface area contributed by atoms with E-state index in [1.165, 1.54) is 12.1 Å². The van der Waals surface area contributed by atoms with Gasteiger partial charge in [-0.15, -0.1) is 16.0 Å². The van der Waals surface area contributed by atoms with Crippen LogP contribution in [0, 0.1) is 0 Å². The summed E-state index contributed by atoms with van der Waals surface area (Å²) in [6.07, 6.45) is -1.03. The molecular formula is C24H18ClFN6O3. The van der Waals surface area contributed by atoms with Gasteiger partial charge in [-0.3, -0.25) is 9.55 Å². The van der Waals surface area contributed by atoms with E-state index < -0.39 is 6.23 Å². The van der Waals surface area contributed by atoms with Crippen molar-refractivity contribution in [1.82, 2.24) is 24.5 Å². The Kier molecular flexibility index (Phi) is 5.77. The maximum atomic E-state index is 12.9. The van der Waals surface area contributed by atoms with Crippen LogP contribution in [-0.4, -0.2) is 40.9 Å². The van der Waals surface area contributed by atoms with Crippen molar-refractivity contribution in [2.75, 3.05) is 5.73 Å². The standard InChI is InChI=1S/C24H18ClFN6O3/c25-12-14-3-5-15(6-4-14)32-22(17-2-1-11-28-21(17)27)31-20-10-9-19(30-23(20)32)18-8-7-16(13-29-18)35-24(26,33)34/h1-11,13,33-34H,12H2,(H2,27,28). The van der Waals surface area contributed by atoms with Gasteiger partial charge in [-0.25, -0.2) is 15.0 Å². The summed E-state index contributed by atoms with van der Waals surface area (Å²) in [6.45, 7) is 0. The number of alkyl halides is 2. The van der Waals surface area contributed by atoms with E-state index in [0.717, 1.165) is 17.4 Å². The summed E-state index contributed by atoms with van der Waals surface area (Å²) < 4.78 is 19.1. The summed E-state index contributed by atoms with van der Waals surface area (Å²) in [7, 11) is 0. The molecule has 0 atom stereocenters. The lowest BCUT2D eigenvalue weighted by atomic mass is 10.2. The summed E-state index contributed by atoms with van der Waals surface area (Å²) in [5.41, 5.74) is 10.7. The number of benzene rings is 1. The van der Waals surface area contributed by atoms with E-state index in [9.17, 15) is 4.39 Å². The van der Waals surface area contributed by atoms with Crippen LogP contribution in [0.2, 0.25) is 0 Å². The lowest BCUT2D eigenvalue weighted by molar-refractivity contribution is -0.375. The molecule has 4 aromatic heterocycles. The number of nitrogen functional groups attached to an aromatic ring is 1. The zero-order valence-corrected chi connectivity index (χ0v) is 18.8. The van der Waals surface area contributed by atoms with Gasteiger partial charge < -0.3 is 20.7 Å². The summed E-state index contributed by atoms with van der Waals surface area (Å²) >= 11 is 5.96. The van der Waals surface area contributed by atoms with E-state index in [2.05, 4.69) is 14.7 Å². The molecule has 0 fully saturated rings. The van der Waals surface area contributed by atoms with E-state index >= 15 is 0 Å². The molecule has 0 unspecified atom stereocenters. The average Bonchev–Trinajstić information content (AvgIpc) is 3.22. The van der Waals surface area contributed by atoms with Crippen LogP contribution in [0.4, 0.5) is 10.2 Å². The molecule has 0 aliphatic rings. The van der Waals surface area contributed by atoms with Crippen molar-refractivity contribution >= 4 is 28.6 Å². The van der Waals surface area contributed by atoms with Gasteiger partial charge in [0.2, 0.25) is 0 Å². The fourth-order valence-corrected chi connectivity index (χ4v) is 3.79. The number of imidazole rings is 1. The lowest BCUT2D eigenvalue weighted by Crippen LogP contribution is -2.29. The van der Waals surface area contributed by atoms with Gasteiger partial charge in [-0.05, 0) is 54.1 Å². The van der Waals surface area contributed by atoms with Crippen LogP contribution in [0.5, 0.6) is 5.75 Å². The number of rotatable bonds is 6. The fraction of sp³-hybridized carbons (Fsp3) is 0.0833. The van der Waals surface area contributed by atoms with Crippen LogP contribution in [0.15, 0.2) is 73.1 Å². The Bertz CT molecular complexity index is 1500. The average molecular weight is 493 g/mol. The first kappa shape index (κ1) is 22.7. The molecule has 11 heteroatoms. The number of pyridine rings is 3. The largest absolute Gasteiger partial charge is 0.492 e. The van der Waals surface area contributed by atoms with Crippen molar-refractivity contribution in [1.29, 1.82) is 0 Å². The second-order valence-corrected chi connectivity index (χ2v) is 7.82. The molecular weight excluding hydrogens is 475 g/mol. The molecule has 0 aliphatic heterocycles. The first-order valence-corrected chi connectivity index (χ1v) is 10.9. The summed E-state index contributed by atoms with van der Waals surface area (Å²) in [5, 5.41) is 17.5. The molecule has 0 amide bonds. The topological polar surface area (TPSA) is 132 Å². The number of aliphatic hydroxyl groups is 2. The van der Waals surface area contributed by atoms with Crippen molar-refractivity contribution in [2.45, 2.75) is 12.1 Å². The van der Waals surface area contributed by atoms with Crippen LogP contribution >= 0.6 is 11.6 Å². The SMILES string of the molecule is Nc1ncccc1-c1nc2ccc(-c3ccc(OC(O)(O)F)cn3)nc2n1-c1ccc(CCl)cc1. The smallest absolute Gasteiger partial charge is 0.412 e. The van der Waals surface area contributed by atoms with Crippen molar-refractivity contribution in [3.05, 3.63) is 78.6 Å². The molecule has 0 saturated heterocycles. The van der Waals surface area contributed by atoms with Crippen LogP contribution in [-0.2, 0) is 5.88 Å². The summed E-state index contributed by atoms with van der Waals surface area (Å²) in [5.74, 6) is 1.12. The van der Waals surface area contributed by atoms with E-state index in [4.69, 9.17) is 37.5 Å². The maximum absolute atomic E-state index is 12.9. The molecule has 0 saturated carbocycles. The lowest BCUT2D eigenvalue weighted by Gasteiger charge is -2.13. The van der Waals surface area contributed by atoms with Gasteiger partial charge in [0.25, 0.3) is 0 Å². The van der Waals surface area contributed by atoms with Crippen molar-refractivity contribution in [3.8, 4) is 34.2 Å². The molecule has 9 nitrogen and oxygen atoms in total. The minimum atomic E-state index is -3.80. The third kappa shape index (κ3) is 4.62. The van der Waals surface area contributed by atoms with E-state index in [1.54, 1.807) is 24.4 Å². The molecule has 4 heterocycles. The van der Waals surface area contributed by atoms with Crippen LogP contribution in [0.25, 0.3) is 39.6 Å². The Balaban J connectivity index is 1.66. The first-order valence-electron chi connectivity index (χ1n) is 10.4. The number of aromatic nitrogens is 5. The Labute approximate surface area is 203 Å². The zero-order valence-electron chi connectivity index (χ0n) is 18.0. The Morgan fingerprint density at radius 3 is 2.40 bits per heavy atom. The molecule has 0 spiro atoms. The second kappa shape index (κ2) is 8.91. The predicted molar refractivity (Wildman–Crippen MR) is 128 cm³/mol. The minimum Gasteiger partial charge on any atom is -0.412 e. The zero-order chi connectivity index (χ0) is 24.6. The van der Waals surface area contributed by atoms with Gasteiger partial charge in [0.05, 0.1) is 23.1 Å². The fourth-order valence-electron chi connectivity index (χ4n) is 3.61. The minimum absolute atomic E-state index is 0.166. The molecule has 0 radical (unpaired) electrons. The predicted octanol–water partition coefficient (Wildman–Crippen LogP) is 3.81. The maximum Gasteiger partial charge on any atom is 0.492 e. The third-order valence-electron chi connectivity index (χ3n) is 5.18. The number of fused-ring (bicyclic) bond motifs is 1. The normalized spacial score (nSPS) is 11.7. The number of anilines is 1. The Morgan fingerprint density at radius 1 is 0.971 bits per heavy atom. The first-order chi connectivity index (χ1) is 16.8. The quantitative estimate of drug-likeness (QED) is 0.241. The van der Waals surface area contributed by atoms with Gasteiger partial charge in [-0.1, -0.05) is 12.1 Å². The number of ether oxygens (including phenoxy) is 1. The highest BCUT2D eigenvalue weighted by molar-refractivity contribution is 6.17. The summed E-state index contributed by atoms with van der Waals surface area (Å²) in [6, 6.07) is 17.7. The molecule has 4 N–H and O–H groups in total. The second-order valence-electron chi connectivity index (χ2n) is 7.56. The number of nitrogens with two attached hydrogens (primary N) is 1. The molecule has 5 rings (SSSR count). The van der Waals surface area contributed by atoms with E-state index in [0.29, 0.717) is 45.6 Å². The highest BCUT2D eigenvalue weighted by Crippen LogP contribution is 2.32. The van der Waals surface area contributed by atoms with Crippen molar-refractivity contribution in [3.63, 3.8) is 0 Å². The van der Waals surface area contributed by atoms with Gasteiger partial charge in [0.15, 0.2) is 11.5 Å². The highest BCUT2D eigenvalue weighted by Gasteiger charge is 2.24. The van der Waals surface area contributed by atoms with Crippen LogP contribution in [0.3, 0.4) is 0 Å². The Hall–Kier alpha value is -4.12. The molecule has 0 aliphatic carbocycles. The molecule has 1 aromatic carbocycles. The molecule has 35 heavy (non-hydrogen) atoms. The van der Waals surface area contributed by atoms with Crippen molar-refractivity contribution < 1.29 is 19.3 Å². The highest BCUT2D eigenvalue weighted by atomic mass is 35.5. The van der Waals surface area contributed by atoms with Crippen molar-refractivity contribution in [2.24, 2.45) is 0 Å². The van der Waals surface area contributed by atoms with E-state index in [1.807, 2.05) is 34.9 Å². The number of hydrogen-bond donors (Lipinski definition) is 3. The Morgan fingerprint density at radius 2 is 1.74 bits per heavy atom. The monoisotopic (exact) mass is 492 g/mol. The molecule has 176 valence electrons. The number of halogens is 2. The van der Waals surface area contributed by atoms with Gasteiger partial charge >= 0.3 is 6.23 Å². The van der Waals surface area contributed by atoms with Crippen LogP contribution in [0.1, 0.15) is 5.56 Å². The third-order valence-corrected chi connectivity index (χ3v) is 5.49. The number of nitrogens with zero attached hydrogens (tertiary/aromatic N) is 5.